The number of hydrogen-bond acceptors (Lipinski definition) is 3. The van der Waals surface area contributed by atoms with Gasteiger partial charge in [0.2, 0.25) is 5.91 Å². The molecule has 0 heterocycles. The molecule has 0 radical (unpaired) electrons. The topological polar surface area (TPSA) is 75.6 Å². The van der Waals surface area contributed by atoms with E-state index >= 15 is 0 Å². The van der Waals surface area contributed by atoms with Gasteiger partial charge in [-0.3, -0.25) is 9.59 Å². The summed E-state index contributed by atoms with van der Waals surface area (Å²) in [7, 11) is 1.45. The Morgan fingerprint density at radius 3 is 2.44 bits per heavy atom. The summed E-state index contributed by atoms with van der Waals surface area (Å²) in [5.41, 5.74) is -0.761. The number of aliphatic carboxylic acids is 1. The Balaban J connectivity index is 2.51. The number of methoxy groups -OCH3 is 1. The van der Waals surface area contributed by atoms with E-state index in [1.54, 1.807) is 6.92 Å². The van der Waals surface area contributed by atoms with Crippen molar-refractivity contribution >= 4 is 11.9 Å². The number of carbonyl (C=O) groups excluding carboxylic acids is 1. The van der Waals surface area contributed by atoms with Gasteiger partial charge in [0.25, 0.3) is 0 Å². The van der Waals surface area contributed by atoms with Crippen LogP contribution in [0.15, 0.2) is 0 Å². The highest BCUT2D eigenvalue weighted by atomic mass is 16.5. The van der Waals surface area contributed by atoms with Crippen LogP contribution in [0.3, 0.4) is 0 Å². The largest absolute Gasteiger partial charge is 0.481 e. The Kier molecular flexibility index (Phi) is 4.29. The van der Waals surface area contributed by atoms with Gasteiger partial charge in [-0.25, -0.2) is 0 Å². The van der Waals surface area contributed by atoms with Gasteiger partial charge in [-0.1, -0.05) is 12.8 Å². The third kappa shape index (κ3) is 2.72. The number of hydrogen-bond donors (Lipinski definition) is 2. The zero-order valence-electron chi connectivity index (χ0n) is 9.78. The SMILES string of the molecule is COC(C)C(=O)NCC1(C(=O)O)CCCC1. The number of carbonyl (C=O) groups is 2. The molecule has 92 valence electrons. The molecule has 1 amide bonds. The standard InChI is InChI=1S/C11H19NO4/c1-8(16-2)9(13)12-7-11(10(14)15)5-3-4-6-11/h8H,3-7H2,1-2H3,(H,12,13)(H,14,15). The van der Waals surface area contributed by atoms with Crippen molar-refractivity contribution in [2.45, 2.75) is 38.7 Å². The van der Waals surface area contributed by atoms with Crippen molar-refractivity contribution in [2.24, 2.45) is 5.41 Å². The first-order valence-corrected chi connectivity index (χ1v) is 5.56. The second-order valence-corrected chi connectivity index (χ2v) is 4.39. The third-order valence-corrected chi connectivity index (χ3v) is 3.34. The van der Waals surface area contributed by atoms with E-state index in [9.17, 15) is 14.7 Å². The Hall–Kier alpha value is -1.10. The summed E-state index contributed by atoms with van der Waals surface area (Å²) in [6.45, 7) is 1.84. The fourth-order valence-electron chi connectivity index (χ4n) is 2.03. The molecule has 1 rings (SSSR count). The van der Waals surface area contributed by atoms with Gasteiger partial charge < -0.3 is 15.2 Å². The van der Waals surface area contributed by atoms with Crippen LogP contribution >= 0.6 is 0 Å². The molecule has 1 aliphatic rings. The molecule has 1 fully saturated rings. The summed E-state index contributed by atoms with van der Waals surface area (Å²) in [5.74, 6) is -1.06. The third-order valence-electron chi connectivity index (χ3n) is 3.34. The lowest BCUT2D eigenvalue weighted by molar-refractivity contribution is -0.148. The molecule has 16 heavy (non-hydrogen) atoms. The van der Waals surface area contributed by atoms with Crippen LogP contribution in [0.1, 0.15) is 32.6 Å². The molecule has 0 bridgehead atoms. The minimum absolute atomic E-state index is 0.203. The number of carboxylic acid groups (broad SMARTS) is 1. The molecule has 2 N–H and O–H groups in total. The first-order chi connectivity index (χ1) is 7.52. The minimum atomic E-state index is -0.810. The van der Waals surface area contributed by atoms with E-state index in [1.807, 2.05) is 0 Å². The van der Waals surface area contributed by atoms with Crippen LogP contribution in [0.25, 0.3) is 0 Å². The van der Waals surface area contributed by atoms with Gasteiger partial charge in [0.1, 0.15) is 6.10 Å². The van der Waals surface area contributed by atoms with E-state index in [2.05, 4.69) is 5.32 Å². The molecule has 1 atom stereocenters. The van der Waals surface area contributed by atoms with E-state index in [4.69, 9.17) is 4.74 Å². The van der Waals surface area contributed by atoms with Gasteiger partial charge in [-0.05, 0) is 19.8 Å². The molecule has 1 aliphatic carbocycles. The molecule has 0 spiro atoms. The lowest BCUT2D eigenvalue weighted by Gasteiger charge is -2.24. The zero-order chi connectivity index (χ0) is 12.2. The smallest absolute Gasteiger partial charge is 0.311 e. The average molecular weight is 229 g/mol. The Labute approximate surface area is 95.2 Å². The molecular weight excluding hydrogens is 210 g/mol. The second-order valence-electron chi connectivity index (χ2n) is 4.39. The molecule has 0 aliphatic heterocycles. The van der Waals surface area contributed by atoms with E-state index in [1.165, 1.54) is 7.11 Å². The number of amides is 1. The second kappa shape index (κ2) is 5.30. The van der Waals surface area contributed by atoms with Gasteiger partial charge in [0.15, 0.2) is 0 Å². The first-order valence-electron chi connectivity index (χ1n) is 5.56. The van der Waals surface area contributed by atoms with Gasteiger partial charge in [0, 0.05) is 13.7 Å². The molecule has 5 heteroatoms. The maximum atomic E-state index is 11.5. The Morgan fingerprint density at radius 1 is 1.44 bits per heavy atom. The molecule has 0 saturated heterocycles. The maximum absolute atomic E-state index is 11.5. The van der Waals surface area contributed by atoms with Crippen molar-refractivity contribution in [1.29, 1.82) is 0 Å². The quantitative estimate of drug-likeness (QED) is 0.730. The highest BCUT2D eigenvalue weighted by molar-refractivity contribution is 5.82. The molecule has 0 aromatic rings. The minimum Gasteiger partial charge on any atom is -0.481 e. The molecular formula is C11H19NO4. The fraction of sp³-hybridized carbons (Fsp3) is 0.818. The molecule has 1 saturated carbocycles. The predicted octanol–water partition coefficient (Wildman–Crippen LogP) is 0.782. The van der Waals surface area contributed by atoms with Gasteiger partial charge in [-0.2, -0.15) is 0 Å². The van der Waals surface area contributed by atoms with Crippen LogP contribution in [-0.4, -0.2) is 36.7 Å². The average Bonchev–Trinajstić information content (AvgIpc) is 2.74. The van der Waals surface area contributed by atoms with Gasteiger partial charge in [0.05, 0.1) is 5.41 Å². The van der Waals surface area contributed by atoms with Crippen molar-refractivity contribution < 1.29 is 19.4 Å². The van der Waals surface area contributed by atoms with E-state index in [0.29, 0.717) is 12.8 Å². The number of rotatable bonds is 5. The van der Waals surface area contributed by atoms with Crippen LogP contribution in [0.4, 0.5) is 0 Å². The van der Waals surface area contributed by atoms with Crippen LogP contribution in [0.5, 0.6) is 0 Å². The zero-order valence-corrected chi connectivity index (χ0v) is 9.78. The Morgan fingerprint density at radius 2 is 2.00 bits per heavy atom. The van der Waals surface area contributed by atoms with Crippen molar-refractivity contribution in [2.75, 3.05) is 13.7 Å². The predicted molar refractivity (Wildman–Crippen MR) is 58.0 cm³/mol. The van der Waals surface area contributed by atoms with Gasteiger partial charge >= 0.3 is 5.97 Å². The van der Waals surface area contributed by atoms with Crippen molar-refractivity contribution in [1.82, 2.24) is 5.32 Å². The molecule has 1 unspecified atom stereocenters. The monoisotopic (exact) mass is 229 g/mol. The van der Waals surface area contributed by atoms with Gasteiger partial charge in [-0.15, -0.1) is 0 Å². The highest BCUT2D eigenvalue weighted by Gasteiger charge is 2.41. The van der Waals surface area contributed by atoms with E-state index < -0.39 is 17.5 Å². The summed E-state index contributed by atoms with van der Waals surface area (Å²) in [4.78, 5) is 22.7. The van der Waals surface area contributed by atoms with E-state index in [-0.39, 0.29) is 12.5 Å². The fourth-order valence-corrected chi connectivity index (χ4v) is 2.03. The summed E-state index contributed by atoms with van der Waals surface area (Å²) < 4.78 is 4.86. The summed E-state index contributed by atoms with van der Waals surface area (Å²) in [5, 5.41) is 11.8. The molecule has 0 aromatic carbocycles. The van der Waals surface area contributed by atoms with Crippen molar-refractivity contribution in [3.05, 3.63) is 0 Å². The number of ether oxygens (including phenoxy) is 1. The van der Waals surface area contributed by atoms with E-state index in [0.717, 1.165) is 12.8 Å². The summed E-state index contributed by atoms with van der Waals surface area (Å²) >= 11 is 0. The first kappa shape index (κ1) is 13.0. The summed E-state index contributed by atoms with van der Waals surface area (Å²) in [6.07, 6.45) is 2.59. The normalized spacial score (nSPS) is 20.4. The lowest BCUT2D eigenvalue weighted by atomic mass is 9.86. The maximum Gasteiger partial charge on any atom is 0.311 e. The number of nitrogens with one attached hydrogen (secondary N) is 1. The van der Waals surface area contributed by atoms with Crippen LogP contribution in [-0.2, 0) is 14.3 Å². The molecule has 5 nitrogen and oxygen atoms in total. The Bertz CT molecular complexity index is 271. The highest BCUT2D eigenvalue weighted by Crippen LogP contribution is 2.37. The number of carboxylic acids is 1. The van der Waals surface area contributed by atoms with Crippen LogP contribution in [0, 0.1) is 5.41 Å². The van der Waals surface area contributed by atoms with Crippen LogP contribution in [0.2, 0.25) is 0 Å². The van der Waals surface area contributed by atoms with Crippen molar-refractivity contribution in [3.63, 3.8) is 0 Å². The molecule has 0 aromatic heterocycles. The lowest BCUT2D eigenvalue weighted by Crippen LogP contribution is -2.44. The van der Waals surface area contributed by atoms with Crippen LogP contribution < -0.4 is 5.32 Å². The van der Waals surface area contributed by atoms with Crippen molar-refractivity contribution in [3.8, 4) is 0 Å². The summed E-state index contributed by atoms with van der Waals surface area (Å²) in [6, 6.07) is 0.